The predicted octanol–water partition coefficient (Wildman–Crippen LogP) is 2.71. The second-order valence-corrected chi connectivity index (χ2v) is 5.02. The van der Waals surface area contributed by atoms with Crippen molar-refractivity contribution in [1.29, 1.82) is 0 Å². The fraction of sp³-hybridized carbons (Fsp3) is 0.333. The average molecular weight is 269 g/mol. The van der Waals surface area contributed by atoms with Crippen LogP contribution in [-0.2, 0) is 20.1 Å². The van der Waals surface area contributed by atoms with Gasteiger partial charge in [-0.25, -0.2) is 9.97 Å². The van der Waals surface area contributed by atoms with Crippen molar-refractivity contribution < 1.29 is 0 Å². The highest BCUT2D eigenvalue weighted by molar-refractivity contribution is 5.79. The Kier molecular flexibility index (Phi) is 3.18. The van der Waals surface area contributed by atoms with Crippen molar-refractivity contribution in [3.05, 3.63) is 42.0 Å². The van der Waals surface area contributed by atoms with Crippen LogP contribution in [0.25, 0.3) is 11.0 Å². The molecule has 1 N–H and O–H groups in total. The van der Waals surface area contributed by atoms with Gasteiger partial charge in [-0.05, 0) is 31.5 Å². The van der Waals surface area contributed by atoms with Crippen LogP contribution in [0.15, 0.2) is 30.7 Å². The minimum atomic E-state index is 0.721. The van der Waals surface area contributed by atoms with Gasteiger partial charge < -0.3 is 14.5 Å². The molecule has 104 valence electrons. The summed E-state index contributed by atoms with van der Waals surface area (Å²) in [5.74, 6) is 0.911. The number of hydrogen-bond acceptors (Lipinski definition) is 3. The maximum Gasteiger partial charge on any atom is 0.204 e. The standard InChI is InChI=1S/C15H19N5/c1-4-20-14-6-5-11(2)7-13(14)18-15(20)17-9-12-8-16-10-19(12)3/h5-8,10H,4,9H2,1-3H3,(H,17,18). The first kappa shape index (κ1) is 12.7. The number of anilines is 1. The summed E-state index contributed by atoms with van der Waals surface area (Å²) >= 11 is 0. The van der Waals surface area contributed by atoms with Crippen molar-refractivity contribution in [3.63, 3.8) is 0 Å². The van der Waals surface area contributed by atoms with E-state index in [1.165, 1.54) is 11.1 Å². The SMILES string of the molecule is CCn1c(NCc2cncn2C)nc2cc(C)ccc21. The highest BCUT2D eigenvalue weighted by Gasteiger charge is 2.09. The van der Waals surface area contributed by atoms with Gasteiger partial charge in [-0.3, -0.25) is 0 Å². The van der Waals surface area contributed by atoms with E-state index in [1.807, 2.05) is 24.1 Å². The molecule has 0 amide bonds. The normalized spacial score (nSPS) is 11.2. The third kappa shape index (κ3) is 2.15. The van der Waals surface area contributed by atoms with Gasteiger partial charge in [0.15, 0.2) is 0 Å². The molecule has 0 radical (unpaired) electrons. The zero-order valence-electron chi connectivity index (χ0n) is 12.1. The zero-order valence-corrected chi connectivity index (χ0v) is 12.1. The van der Waals surface area contributed by atoms with Crippen LogP contribution in [0.5, 0.6) is 0 Å². The molecular weight excluding hydrogens is 250 g/mol. The van der Waals surface area contributed by atoms with Crippen LogP contribution < -0.4 is 5.32 Å². The van der Waals surface area contributed by atoms with E-state index in [0.717, 1.165) is 30.2 Å². The van der Waals surface area contributed by atoms with E-state index in [2.05, 4.69) is 46.9 Å². The van der Waals surface area contributed by atoms with Gasteiger partial charge >= 0.3 is 0 Å². The molecule has 3 rings (SSSR count). The van der Waals surface area contributed by atoms with Crippen molar-refractivity contribution in [2.24, 2.45) is 7.05 Å². The fourth-order valence-electron chi connectivity index (χ4n) is 2.42. The molecule has 0 spiro atoms. The van der Waals surface area contributed by atoms with Crippen molar-refractivity contribution >= 4 is 17.0 Å². The lowest BCUT2D eigenvalue weighted by molar-refractivity contribution is 0.776. The molecule has 0 aliphatic heterocycles. The van der Waals surface area contributed by atoms with Gasteiger partial charge in [-0.2, -0.15) is 0 Å². The van der Waals surface area contributed by atoms with Crippen LogP contribution in [0.1, 0.15) is 18.2 Å². The number of nitrogens with zero attached hydrogens (tertiary/aromatic N) is 4. The van der Waals surface area contributed by atoms with Crippen LogP contribution >= 0.6 is 0 Å². The third-order valence-electron chi connectivity index (χ3n) is 3.56. The Morgan fingerprint density at radius 3 is 2.85 bits per heavy atom. The monoisotopic (exact) mass is 269 g/mol. The summed E-state index contributed by atoms with van der Waals surface area (Å²) in [4.78, 5) is 8.82. The van der Waals surface area contributed by atoms with Gasteiger partial charge in [0.05, 0.1) is 29.6 Å². The minimum Gasteiger partial charge on any atom is -0.350 e. The molecule has 0 aliphatic carbocycles. The Hall–Kier alpha value is -2.30. The van der Waals surface area contributed by atoms with E-state index in [0.29, 0.717) is 0 Å². The number of rotatable bonds is 4. The molecule has 0 fully saturated rings. The molecule has 1 aromatic carbocycles. The first-order chi connectivity index (χ1) is 9.69. The van der Waals surface area contributed by atoms with Crippen LogP contribution in [0.4, 0.5) is 5.95 Å². The molecule has 20 heavy (non-hydrogen) atoms. The molecule has 2 heterocycles. The summed E-state index contributed by atoms with van der Waals surface area (Å²) in [5, 5.41) is 3.41. The Bertz CT molecular complexity index is 738. The van der Waals surface area contributed by atoms with E-state index in [1.54, 1.807) is 0 Å². The highest BCUT2D eigenvalue weighted by Crippen LogP contribution is 2.21. The summed E-state index contributed by atoms with van der Waals surface area (Å²) < 4.78 is 4.21. The summed E-state index contributed by atoms with van der Waals surface area (Å²) in [7, 11) is 2.00. The summed E-state index contributed by atoms with van der Waals surface area (Å²) in [6.45, 7) is 5.84. The smallest absolute Gasteiger partial charge is 0.204 e. The molecule has 0 bridgehead atoms. The van der Waals surface area contributed by atoms with Gasteiger partial charge in [-0.15, -0.1) is 0 Å². The first-order valence-corrected chi connectivity index (χ1v) is 6.85. The van der Waals surface area contributed by atoms with E-state index < -0.39 is 0 Å². The molecule has 2 aromatic heterocycles. The van der Waals surface area contributed by atoms with Gasteiger partial charge in [0.2, 0.25) is 5.95 Å². The molecule has 0 aliphatic rings. The van der Waals surface area contributed by atoms with E-state index >= 15 is 0 Å². The molecule has 0 atom stereocenters. The second kappa shape index (κ2) is 5.00. The molecular formula is C15H19N5. The van der Waals surface area contributed by atoms with Crippen LogP contribution in [0.2, 0.25) is 0 Å². The number of aryl methyl sites for hydroxylation is 3. The largest absolute Gasteiger partial charge is 0.350 e. The molecule has 3 aromatic rings. The molecule has 5 nitrogen and oxygen atoms in total. The van der Waals surface area contributed by atoms with Gasteiger partial charge in [-0.1, -0.05) is 6.07 Å². The van der Waals surface area contributed by atoms with Crippen molar-refractivity contribution in [1.82, 2.24) is 19.1 Å². The summed E-state index contributed by atoms with van der Waals surface area (Å²) in [6.07, 6.45) is 3.68. The van der Waals surface area contributed by atoms with E-state index in [-0.39, 0.29) is 0 Å². The van der Waals surface area contributed by atoms with Crippen molar-refractivity contribution in [2.45, 2.75) is 26.9 Å². The Morgan fingerprint density at radius 2 is 2.15 bits per heavy atom. The average Bonchev–Trinajstić information content (AvgIpc) is 2.98. The topological polar surface area (TPSA) is 47.7 Å². The molecule has 0 saturated carbocycles. The zero-order chi connectivity index (χ0) is 14.1. The lowest BCUT2D eigenvalue weighted by atomic mass is 10.2. The Morgan fingerprint density at radius 1 is 1.30 bits per heavy atom. The van der Waals surface area contributed by atoms with E-state index in [9.17, 15) is 0 Å². The lowest BCUT2D eigenvalue weighted by Crippen LogP contribution is -2.09. The third-order valence-corrected chi connectivity index (χ3v) is 3.56. The number of fused-ring (bicyclic) bond motifs is 1. The Labute approximate surface area is 118 Å². The van der Waals surface area contributed by atoms with Crippen LogP contribution in [0.3, 0.4) is 0 Å². The number of aromatic nitrogens is 4. The minimum absolute atomic E-state index is 0.721. The van der Waals surface area contributed by atoms with Crippen molar-refractivity contribution in [3.8, 4) is 0 Å². The predicted molar refractivity (Wildman–Crippen MR) is 80.7 cm³/mol. The number of imidazole rings is 2. The number of benzene rings is 1. The quantitative estimate of drug-likeness (QED) is 0.792. The van der Waals surface area contributed by atoms with Gasteiger partial charge in [0.25, 0.3) is 0 Å². The highest BCUT2D eigenvalue weighted by atomic mass is 15.2. The molecule has 0 saturated heterocycles. The van der Waals surface area contributed by atoms with Crippen LogP contribution in [-0.4, -0.2) is 19.1 Å². The number of nitrogens with one attached hydrogen (secondary N) is 1. The lowest BCUT2D eigenvalue weighted by Gasteiger charge is -2.08. The number of hydrogen-bond donors (Lipinski definition) is 1. The second-order valence-electron chi connectivity index (χ2n) is 5.02. The maximum absolute atomic E-state index is 4.70. The first-order valence-electron chi connectivity index (χ1n) is 6.85. The summed E-state index contributed by atoms with van der Waals surface area (Å²) in [5.41, 5.74) is 4.58. The molecule has 0 unspecified atom stereocenters. The summed E-state index contributed by atoms with van der Waals surface area (Å²) in [6, 6.07) is 6.38. The molecule has 5 heteroatoms. The van der Waals surface area contributed by atoms with Gasteiger partial charge in [0.1, 0.15) is 0 Å². The van der Waals surface area contributed by atoms with E-state index in [4.69, 9.17) is 4.98 Å². The van der Waals surface area contributed by atoms with Crippen LogP contribution in [0, 0.1) is 6.92 Å². The van der Waals surface area contributed by atoms with Crippen molar-refractivity contribution in [2.75, 3.05) is 5.32 Å². The Balaban J connectivity index is 1.92. The maximum atomic E-state index is 4.70. The fourth-order valence-corrected chi connectivity index (χ4v) is 2.42. The van der Waals surface area contributed by atoms with Gasteiger partial charge in [0, 0.05) is 19.8 Å².